The van der Waals surface area contributed by atoms with Crippen molar-refractivity contribution in [2.75, 3.05) is 7.11 Å². The lowest BCUT2D eigenvalue weighted by atomic mass is 9.97. The number of ether oxygens (including phenoxy) is 2. The van der Waals surface area contributed by atoms with E-state index in [4.69, 9.17) is 9.47 Å². The maximum absolute atomic E-state index is 6.09. The van der Waals surface area contributed by atoms with Gasteiger partial charge in [0.2, 0.25) is 0 Å². The molecule has 0 aromatic heterocycles. The van der Waals surface area contributed by atoms with Crippen LogP contribution in [0.3, 0.4) is 0 Å². The van der Waals surface area contributed by atoms with Gasteiger partial charge in [-0.05, 0) is 32.6 Å². The van der Waals surface area contributed by atoms with Gasteiger partial charge in [0, 0.05) is 7.11 Å². The third-order valence-corrected chi connectivity index (χ3v) is 3.66. The first kappa shape index (κ1) is 14.0. The van der Waals surface area contributed by atoms with Crippen molar-refractivity contribution in [1.82, 2.24) is 0 Å². The van der Waals surface area contributed by atoms with Gasteiger partial charge in [-0.25, -0.2) is 0 Å². The number of hydrogen-bond donors (Lipinski definition) is 0. The first-order valence-electron chi connectivity index (χ1n) is 6.96. The molecule has 1 saturated heterocycles. The topological polar surface area (TPSA) is 18.5 Å². The van der Waals surface area contributed by atoms with Crippen molar-refractivity contribution in [2.45, 2.75) is 83.5 Å². The summed E-state index contributed by atoms with van der Waals surface area (Å²) in [6.45, 7) is 4.37. The molecule has 0 aromatic rings. The van der Waals surface area contributed by atoms with Gasteiger partial charge < -0.3 is 9.47 Å². The molecule has 0 saturated carbocycles. The summed E-state index contributed by atoms with van der Waals surface area (Å²) in [6, 6.07) is 0. The lowest BCUT2D eigenvalue weighted by molar-refractivity contribution is -0.112. The molecule has 0 aromatic carbocycles. The largest absolute Gasteiger partial charge is 0.379 e. The Labute approximate surface area is 101 Å². The fourth-order valence-electron chi connectivity index (χ4n) is 2.44. The Morgan fingerprint density at radius 3 is 2.75 bits per heavy atom. The van der Waals surface area contributed by atoms with Crippen LogP contribution >= 0.6 is 0 Å². The number of methoxy groups -OCH3 is 1. The summed E-state index contributed by atoms with van der Waals surface area (Å²) in [4.78, 5) is 0. The molecule has 0 unspecified atom stereocenters. The fraction of sp³-hybridized carbons (Fsp3) is 1.00. The minimum Gasteiger partial charge on any atom is -0.379 e. The predicted molar refractivity (Wildman–Crippen MR) is 67.7 cm³/mol. The van der Waals surface area contributed by atoms with Crippen LogP contribution in [-0.2, 0) is 9.47 Å². The Kier molecular flexibility index (Phi) is 7.06. The molecule has 0 aliphatic carbocycles. The van der Waals surface area contributed by atoms with Gasteiger partial charge in [0.05, 0.1) is 18.3 Å². The minimum absolute atomic E-state index is 0.249. The van der Waals surface area contributed by atoms with E-state index < -0.39 is 0 Å². The summed E-state index contributed by atoms with van der Waals surface area (Å²) in [5, 5.41) is 0. The van der Waals surface area contributed by atoms with E-state index in [9.17, 15) is 0 Å². The third kappa shape index (κ3) is 4.84. The summed E-state index contributed by atoms with van der Waals surface area (Å²) < 4.78 is 11.5. The van der Waals surface area contributed by atoms with Crippen molar-refractivity contribution in [3.8, 4) is 0 Å². The normalized spacial score (nSPS) is 27.9. The maximum atomic E-state index is 6.09. The number of unbranched alkanes of at least 4 members (excludes halogenated alkanes) is 3. The lowest BCUT2D eigenvalue weighted by Gasteiger charge is -2.33. The van der Waals surface area contributed by atoms with Crippen LogP contribution < -0.4 is 0 Å². The molecule has 2 heteroatoms. The van der Waals surface area contributed by atoms with E-state index in [1.807, 2.05) is 0 Å². The molecule has 0 amide bonds. The van der Waals surface area contributed by atoms with Gasteiger partial charge >= 0.3 is 0 Å². The van der Waals surface area contributed by atoms with E-state index in [0.717, 1.165) is 0 Å². The maximum Gasteiger partial charge on any atom is 0.0837 e. The van der Waals surface area contributed by atoms with Crippen molar-refractivity contribution in [3.63, 3.8) is 0 Å². The van der Waals surface area contributed by atoms with E-state index >= 15 is 0 Å². The van der Waals surface area contributed by atoms with Crippen molar-refractivity contribution in [3.05, 3.63) is 0 Å². The lowest BCUT2D eigenvalue weighted by Crippen LogP contribution is -2.36. The Morgan fingerprint density at radius 1 is 1.25 bits per heavy atom. The predicted octanol–water partition coefficient (Wildman–Crippen LogP) is 3.93. The molecule has 0 spiro atoms. The van der Waals surface area contributed by atoms with Crippen LogP contribution in [0.25, 0.3) is 0 Å². The Bertz CT molecular complexity index is 170. The van der Waals surface area contributed by atoms with E-state index in [2.05, 4.69) is 13.8 Å². The second kappa shape index (κ2) is 8.08. The van der Waals surface area contributed by atoms with Gasteiger partial charge in [-0.3, -0.25) is 0 Å². The molecule has 3 atom stereocenters. The molecule has 1 aliphatic heterocycles. The highest BCUT2D eigenvalue weighted by atomic mass is 16.5. The minimum atomic E-state index is 0.249. The van der Waals surface area contributed by atoms with Crippen LogP contribution in [-0.4, -0.2) is 25.4 Å². The zero-order valence-electron chi connectivity index (χ0n) is 11.2. The van der Waals surface area contributed by atoms with Crippen molar-refractivity contribution < 1.29 is 9.47 Å². The monoisotopic (exact) mass is 228 g/mol. The molecule has 1 aliphatic rings. The van der Waals surface area contributed by atoms with Gasteiger partial charge in [0.25, 0.3) is 0 Å². The highest BCUT2D eigenvalue weighted by Crippen LogP contribution is 2.25. The van der Waals surface area contributed by atoms with E-state index in [0.29, 0.717) is 12.2 Å². The third-order valence-electron chi connectivity index (χ3n) is 3.66. The summed E-state index contributed by atoms with van der Waals surface area (Å²) in [6.07, 6.45) is 11.4. The van der Waals surface area contributed by atoms with Crippen LogP contribution in [0, 0.1) is 0 Å². The SMILES string of the molecule is CCCCCC[C@@H]1CCC[C@H]([C@@H](C)OC)O1. The Balaban J connectivity index is 2.17. The molecular formula is C14H28O2. The van der Waals surface area contributed by atoms with Gasteiger partial charge in [-0.1, -0.05) is 32.6 Å². The molecule has 2 nitrogen and oxygen atoms in total. The molecule has 16 heavy (non-hydrogen) atoms. The van der Waals surface area contributed by atoms with Crippen molar-refractivity contribution in [1.29, 1.82) is 0 Å². The van der Waals surface area contributed by atoms with Crippen molar-refractivity contribution in [2.24, 2.45) is 0 Å². The second-order valence-corrected chi connectivity index (χ2v) is 5.02. The first-order chi connectivity index (χ1) is 7.77. The smallest absolute Gasteiger partial charge is 0.0837 e. The number of hydrogen-bond acceptors (Lipinski definition) is 2. The highest BCUT2D eigenvalue weighted by Gasteiger charge is 2.26. The average Bonchev–Trinajstić information content (AvgIpc) is 2.34. The fourth-order valence-corrected chi connectivity index (χ4v) is 2.44. The molecule has 96 valence electrons. The quantitative estimate of drug-likeness (QED) is 0.615. The van der Waals surface area contributed by atoms with Crippen LogP contribution in [0.15, 0.2) is 0 Å². The van der Waals surface area contributed by atoms with E-state index in [1.165, 1.54) is 51.4 Å². The van der Waals surface area contributed by atoms with Crippen LogP contribution in [0.1, 0.15) is 65.2 Å². The second-order valence-electron chi connectivity index (χ2n) is 5.02. The first-order valence-corrected chi connectivity index (χ1v) is 6.96. The zero-order chi connectivity index (χ0) is 11.8. The van der Waals surface area contributed by atoms with Gasteiger partial charge in [0.1, 0.15) is 0 Å². The van der Waals surface area contributed by atoms with Crippen LogP contribution in [0.4, 0.5) is 0 Å². The van der Waals surface area contributed by atoms with Crippen LogP contribution in [0.2, 0.25) is 0 Å². The van der Waals surface area contributed by atoms with Crippen molar-refractivity contribution >= 4 is 0 Å². The molecule has 1 heterocycles. The summed E-state index contributed by atoms with van der Waals surface area (Å²) in [5.74, 6) is 0. The molecule has 0 radical (unpaired) electrons. The molecule has 1 fully saturated rings. The molecule has 1 rings (SSSR count). The highest BCUT2D eigenvalue weighted by molar-refractivity contribution is 4.75. The standard InChI is InChI=1S/C14H28O2/c1-4-5-6-7-9-13-10-8-11-14(16-13)12(2)15-3/h12-14H,4-11H2,1-3H3/t12-,13-,14-/m1/s1. The zero-order valence-corrected chi connectivity index (χ0v) is 11.2. The van der Waals surface area contributed by atoms with E-state index in [1.54, 1.807) is 7.11 Å². The summed E-state index contributed by atoms with van der Waals surface area (Å²) in [7, 11) is 1.78. The van der Waals surface area contributed by atoms with E-state index in [-0.39, 0.29) is 6.10 Å². The van der Waals surface area contributed by atoms with Crippen LogP contribution in [0.5, 0.6) is 0 Å². The number of rotatable bonds is 7. The molecule has 0 N–H and O–H groups in total. The summed E-state index contributed by atoms with van der Waals surface area (Å²) >= 11 is 0. The van der Waals surface area contributed by atoms with Gasteiger partial charge in [0.15, 0.2) is 0 Å². The molecular weight excluding hydrogens is 200 g/mol. The summed E-state index contributed by atoms with van der Waals surface area (Å²) in [5.41, 5.74) is 0. The Hall–Kier alpha value is -0.0800. The van der Waals surface area contributed by atoms with Gasteiger partial charge in [-0.2, -0.15) is 0 Å². The average molecular weight is 228 g/mol. The van der Waals surface area contributed by atoms with Gasteiger partial charge in [-0.15, -0.1) is 0 Å². The Morgan fingerprint density at radius 2 is 2.06 bits per heavy atom. The molecule has 0 bridgehead atoms.